The third-order valence-electron chi connectivity index (χ3n) is 1.71. The first-order valence-electron chi connectivity index (χ1n) is 5.00. The van der Waals surface area contributed by atoms with Crippen LogP contribution in [-0.4, -0.2) is 39.4 Å². The van der Waals surface area contributed by atoms with Gasteiger partial charge in [-0.25, -0.2) is 0 Å². The van der Waals surface area contributed by atoms with E-state index in [0.717, 1.165) is 13.0 Å². The predicted octanol–water partition coefficient (Wildman–Crippen LogP) is 0.812. The fraction of sp³-hybridized carbons (Fsp3) is 0.900. The van der Waals surface area contributed by atoms with Gasteiger partial charge in [-0.2, -0.15) is 0 Å². The molecule has 84 valence electrons. The number of rotatable bonds is 8. The standard InChI is InChI=1S/C10H21NO3/c1-9(2)4-5-11-10(12)8-14-7-6-13-3/h9H,4-8H2,1-3H3,(H,11,12). The first-order valence-corrected chi connectivity index (χ1v) is 5.00. The van der Waals surface area contributed by atoms with Crippen molar-refractivity contribution in [1.29, 1.82) is 0 Å². The van der Waals surface area contributed by atoms with Crippen LogP contribution in [0.25, 0.3) is 0 Å². The number of methoxy groups -OCH3 is 1. The lowest BCUT2D eigenvalue weighted by Gasteiger charge is -2.07. The van der Waals surface area contributed by atoms with E-state index in [1.807, 2.05) is 0 Å². The van der Waals surface area contributed by atoms with Crippen LogP contribution < -0.4 is 5.32 Å². The summed E-state index contributed by atoms with van der Waals surface area (Å²) in [6.07, 6.45) is 1.00. The molecule has 0 aliphatic heterocycles. The van der Waals surface area contributed by atoms with E-state index >= 15 is 0 Å². The zero-order chi connectivity index (χ0) is 10.8. The van der Waals surface area contributed by atoms with Crippen molar-refractivity contribution in [2.45, 2.75) is 20.3 Å². The Morgan fingerprint density at radius 3 is 2.64 bits per heavy atom. The molecule has 1 N–H and O–H groups in total. The summed E-state index contributed by atoms with van der Waals surface area (Å²) in [5.41, 5.74) is 0. The van der Waals surface area contributed by atoms with Crippen molar-refractivity contribution in [3.63, 3.8) is 0 Å². The van der Waals surface area contributed by atoms with Crippen LogP contribution in [0.5, 0.6) is 0 Å². The van der Waals surface area contributed by atoms with Crippen molar-refractivity contribution in [3.8, 4) is 0 Å². The van der Waals surface area contributed by atoms with Crippen LogP contribution in [0, 0.1) is 5.92 Å². The average molecular weight is 203 g/mol. The minimum absolute atomic E-state index is 0.0539. The first kappa shape index (κ1) is 13.4. The molecule has 0 aromatic carbocycles. The van der Waals surface area contributed by atoms with Crippen molar-refractivity contribution >= 4 is 5.91 Å². The van der Waals surface area contributed by atoms with Gasteiger partial charge in [0, 0.05) is 13.7 Å². The highest BCUT2D eigenvalue weighted by Gasteiger charge is 2.00. The fourth-order valence-electron chi connectivity index (χ4n) is 0.858. The molecule has 0 bridgehead atoms. The largest absolute Gasteiger partial charge is 0.382 e. The van der Waals surface area contributed by atoms with Gasteiger partial charge < -0.3 is 14.8 Å². The Bertz CT molecular complexity index is 148. The highest BCUT2D eigenvalue weighted by Crippen LogP contribution is 1.95. The van der Waals surface area contributed by atoms with E-state index in [-0.39, 0.29) is 12.5 Å². The Morgan fingerprint density at radius 2 is 2.07 bits per heavy atom. The van der Waals surface area contributed by atoms with Gasteiger partial charge in [-0.1, -0.05) is 13.8 Å². The molecule has 0 aromatic heterocycles. The molecule has 14 heavy (non-hydrogen) atoms. The molecule has 4 heteroatoms. The number of hydrogen-bond acceptors (Lipinski definition) is 3. The molecular weight excluding hydrogens is 182 g/mol. The molecule has 0 aliphatic rings. The Kier molecular flexibility index (Phi) is 8.57. The Hall–Kier alpha value is -0.610. The van der Waals surface area contributed by atoms with E-state index in [1.54, 1.807) is 7.11 Å². The lowest BCUT2D eigenvalue weighted by Crippen LogP contribution is -2.29. The Balaban J connectivity index is 3.20. The van der Waals surface area contributed by atoms with Gasteiger partial charge >= 0.3 is 0 Å². The van der Waals surface area contributed by atoms with Crippen LogP contribution >= 0.6 is 0 Å². The maximum Gasteiger partial charge on any atom is 0.245 e. The topological polar surface area (TPSA) is 47.6 Å². The van der Waals surface area contributed by atoms with Crippen LogP contribution in [0.3, 0.4) is 0 Å². The first-order chi connectivity index (χ1) is 6.66. The van der Waals surface area contributed by atoms with Crippen molar-refractivity contribution in [2.75, 3.05) is 33.5 Å². The summed E-state index contributed by atoms with van der Waals surface area (Å²) in [5, 5.41) is 2.79. The summed E-state index contributed by atoms with van der Waals surface area (Å²) in [6, 6.07) is 0. The Labute approximate surface area is 86.0 Å². The summed E-state index contributed by atoms with van der Waals surface area (Å²) in [4.78, 5) is 11.1. The zero-order valence-corrected chi connectivity index (χ0v) is 9.34. The normalized spacial score (nSPS) is 10.6. The molecule has 0 aliphatic carbocycles. The van der Waals surface area contributed by atoms with E-state index in [1.165, 1.54) is 0 Å². The second-order valence-electron chi connectivity index (χ2n) is 3.58. The number of nitrogens with one attached hydrogen (secondary N) is 1. The second-order valence-corrected chi connectivity index (χ2v) is 3.58. The van der Waals surface area contributed by atoms with Gasteiger partial charge in [-0.05, 0) is 12.3 Å². The SMILES string of the molecule is COCCOCC(=O)NCCC(C)C. The molecule has 0 unspecified atom stereocenters. The Morgan fingerprint density at radius 1 is 1.36 bits per heavy atom. The lowest BCUT2D eigenvalue weighted by atomic mass is 10.1. The van der Waals surface area contributed by atoms with Crippen molar-refractivity contribution in [3.05, 3.63) is 0 Å². The number of amides is 1. The van der Waals surface area contributed by atoms with Crippen LogP contribution in [0.15, 0.2) is 0 Å². The van der Waals surface area contributed by atoms with Crippen LogP contribution in [-0.2, 0) is 14.3 Å². The molecule has 0 saturated carbocycles. The summed E-state index contributed by atoms with van der Waals surface area (Å²) >= 11 is 0. The minimum Gasteiger partial charge on any atom is -0.382 e. The third-order valence-corrected chi connectivity index (χ3v) is 1.71. The van der Waals surface area contributed by atoms with Gasteiger partial charge in [0.1, 0.15) is 6.61 Å². The lowest BCUT2D eigenvalue weighted by molar-refractivity contribution is -0.126. The predicted molar refractivity (Wildman–Crippen MR) is 55.2 cm³/mol. The minimum atomic E-state index is -0.0539. The zero-order valence-electron chi connectivity index (χ0n) is 9.34. The summed E-state index contributed by atoms with van der Waals surface area (Å²) in [6.45, 7) is 6.10. The van der Waals surface area contributed by atoms with Crippen LogP contribution in [0.4, 0.5) is 0 Å². The van der Waals surface area contributed by atoms with E-state index in [2.05, 4.69) is 19.2 Å². The molecule has 0 saturated heterocycles. The van der Waals surface area contributed by atoms with E-state index in [0.29, 0.717) is 19.1 Å². The monoisotopic (exact) mass is 203 g/mol. The van der Waals surface area contributed by atoms with Crippen molar-refractivity contribution in [2.24, 2.45) is 5.92 Å². The number of carbonyl (C=O) groups is 1. The van der Waals surface area contributed by atoms with E-state index < -0.39 is 0 Å². The third kappa shape index (κ3) is 9.48. The average Bonchev–Trinajstić information content (AvgIpc) is 2.12. The van der Waals surface area contributed by atoms with Crippen LogP contribution in [0.1, 0.15) is 20.3 Å². The number of hydrogen-bond donors (Lipinski definition) is 1. The van der Waals surface area contributed by atoms with Crippen molar-refractivity contribution < 1.29 is 14.3 Å². The summed E-state index contributed by atoms with van der Waals surface area (Å²) in [7, 11) is 1.60. The molecule has 0 fully saturated rings. The molecule has 0 aromatic rings. The fourth-order valence-corrected chi connectivity index (χ4v) is 0.858. The van der Waals surface area contributed by atoms with Gasteiger partial charge in [-0.3, -0.25) is 4.79 Å². The number of carbonyl (C=O) groups excluding carboxylic acids is 1. The van der Waals surface area contributed by atoms with Gasteiger partial charge in [0.25, 0.3) is 0 Å². The highest BCUT2D eigenvalue weighted by molar-refractivity contribution is 5.77. The van der Waals surface area contributed by atoms with Gasteiger partial charge in [-0.15, -0.1) is 0 Å². The number of ether oxygens (including phenoxy) is 2. The molecule has 0 heterocycles. The maximum absolute atomic E-state index is 11.1. The molecule has 0 rings (SSSR count). The molecular formula is C10H21NO3. The van der Waals surface area contributed by atoms with E-state index in [4.69, 9.17) is 9.47 Å². The smallest absolute Gasteiger partial charge is 0.245 e. The summed E-state index contributed by atoms with van der Waals surface area (Å²) in [5.74, 6) is 0.562. The van der Waals surface area contributed by atoms with E-state index in [9.17, 15) is 4.79 Å². The quantitative estimate of drug-likeness (QED) is 0.594. The van der Waals surface area contributed by atoms with Crippen LogP contribution in [0.2, 0.25) is 0 Å². The molecule has 4 nitrogen and oxygen atoms in total. The van der Waals surface area contributed by atoms with Gasteiger partial charge in [0.15, 0.2) is 0 Å². The molecule has 0 radical (unpaired) electrons. The van der Waals surface area contributed by atoms with Gasteiger partial charge in [0.2, 0.25) is 5.91 Å². The van der Waals surface area contributed by atoms with Gasteiger partial charge in [0.05, 0.1) is 13.2 Å². The second kappa shape index (κ2) is 8.97. The maximum atomic E-state index is 11.1. The molecule has 0 atom stereocenters. The summed E-state index contributed by atoms with van der Waals surface area (Å²) < 4.78 is 9.84. The molecule has 1 amide bonds. The molecule has 0 spiro atoms. The highest BCUT2D eigenvalue weighted by atomic mass is 16.5. The van der Waals surface area contributed by atoms with Crippen molar-refractivity contribution in [1.82, 2.24) is 5.32 Å².